The van der Waals surface area contributed by atoms with Gasteiger partial charge in [-0.05, 0) is 60.2 Å². The van der Waals surface area contributed by atoms with Gasteiger partial charge in [-0.15, -0.1) is 11.8 Å². The molecule has 1 heterocycles. The van der Waals surface area contributed by atoms with Crippen LogP contribution in [0.15, 0.2) is 82.8 Å². The molecule has 0 aliphatic rings. The molecule has 0 saturated carbocycles. The topological polar surface area (TPSA) is 88.2 Å². The summed E-state index contributed by atoms with van der Waals surface area (Å²) in [5, 5.41) is 2.60. The summed E-state index contributed by atoms with van der Waals surface area (Å²) in [4.78, 5) is 16.3. The molecular weight excluding hydrogens is 394 g/mol. The Balaban J connectivity index is 1.63. The summed E-state index contributed by atoms with van der Waals surface area (Å²) < 4.78 is 27.6. The number of nitrogens with zero attached hydrogens (tertiary/aromatic N) is 1. The number of hydrogen-bond acceptors (Lipinski definition) is 5. The predicted octanol–water partition coefficient (Wildman–Crippen LogP) is 4.13. The zero-order chi connectivity index (χ0) is 20.0. The van der Waals surface area contributed by atoms with Gasteiger partial charge in [0, 0.05) is 41.3 Å². The standard InChI is InChI=1S/C20H19N3O3S2/c1-15(24)22-17-6-10-20(11-7-17)28(25,26)23-18-4-8-19(9-5-18)27-14-16-3-2-12-21-13-16/h2-13,23H,14H2,1H3,(H,22,24). The first kappa shape index (κ1) is 19.9. The van der Waals surface area contributed by atoms with Gasteiger partial charge in [-0.2, -0.15) is 0 Å². The van der Waals surface area contributed by atoms with Gasteiger partial charge < -0.3 is 5.32 Å². The number of aromatic nitrogens is 1. The number of nitrogens with one attached hydrogen (secondary N) is 2. The van der Waals surface area contributed by atoms with Crippen molar-refractivity contribution in [3.8, 4) is 0 Å². The van der Waals surface area contributed by atoms with E-state index in [1.165, 1.54) is 19.1 Å². The Morgan fingerprint density at radius 2 is 1.68 bits per heavy atom. The van der Waals surface area contributed by atoms with Crippen LogP contribution in [0, 0.1) is 0 Å². The summed E-state index contributed by atoms with van der Waals surface area (Å²) in [7, 11) is -3.70. The van der Waals surface area contributed by atoms with Crippen LogP contribution in [0.2, 0.25) is 0 Å². The summed E-state index contributed by atoms with van der Waals surface area (Å²) in [5.74, 6) is 0.578. The SMILES string of the molecule is CC(=O)Nc1ccc(S(=O)(=O)Nc2ccc(SCc3cccnc3)cc2)cc1. The average Bonchev–Trinajstić information content (AvgIpc) is 2.68. The Labute approximate surface area is 168 Å². The van der Waals surface area contributed by atoms with E-state index in [1.54, 1.807) is 42.2 Å². The number of thioether (sulfide) groups is 1. The largest absolute Gasteiger partial charge is 0.326 e. The minimum atomic E-state index is -3.70. The van der Waals surface area contributed by atoms with E-state index >= 15 is 0 Å². The monoisotopic (exact) mass is 413 g/mol. The van der Waals surface area contributed by atoms with Crippen molar-refractivity contribution in [3.05, 3.63) is 78.6 Å². The van der Waals surface area contributed by atoms with Crippen LogP contribution >= 0.6 is 11.8 Å². The number of rotatable bonds is 7. The van der Waals surface area contributed by atoms with Crippen molar-refractivity contribution >= 4 is 39.1 Å². The maximum Gasteiger partial charge on any atom is 0.261 e. The number of carbonyl (C=O) groups is 1. The van der Waals surface area contributed by atoms with Gasteiger partial charge in [-0.3, -0.25) is 14.5 Å². The summed E-state index contributed by atoms with van der Waals surface area (Å²) in [6.45, 7) is 1.39. The van der Waals surface area contributed by atoms with E-state index in [1.807, 2.05) is 30.5 Å². The fraction of sp³-hybridized carbons (Fsp3) is 0.100. The third kappa shape index (κ3) is 5.58. The number of amides is 1. The third-order valence-electron chi connectivity index (χ3n) is 3.72. The predicted molar refractivity (Wildman–Crippen MR) is 112 cm³/mol. The Morgan fingerprint density at radius 1 is 1.00 bits per heavy atom. The molecule has 0 aliphatic carbocycles. The molecule has 144 valence electrons. The molecule has 0 aliphatic heterocycles. The molecular formula is C20H19N3O3S2. The zero-order valence-corrected chi connectivity index (χ0v) is 16.8. The summed E-state index contributed by atoms with van der Waals surface area (Å²) in [6, 6.07) is 17.1. The quantitative estimate of drug-likeness (QED) is 0.569. The molecule has 3 rings (SSSR count). The van der Waals surface area contributed by atoms with Gasteiger partial charge in [0.2, 0.25) is 5.91 Å². The first-order chi connectivity index (χ1) is 13.4. The van der Waals surface area contributed by atoms with Crippen LogP contribution < -0.4 is 10.0 Å². The molecule has 6 nitrogen and oxygen atoms in total. The maximum atomic E-state index is 12.5. The van der Waals surface area contributed by atoms with E-state index < -0.39 is 10.0 Å². The average molecular weight is 414 g/mol. The molecule has 1 aromatic heterocycles. The van der Waals surface area contributed by atoms with Crippen LogP contribution in [0.25, 0.3) is 0 Å². The lowest BCUT2D eigenvalue weighted by Crippen LogP contribution is -2.13. The van der Waals surface area contributed by atoms with E-state index in [9.17, 15) is 13.2 Å². The number of hydrogen-bond donors (Lipinski definition) is 2. The number of pyridine rings is 1. The molecule has 8 heteroatoms. The summed E-state index contributed by atoms with van der Waals surface area (Å²) in [6.07, 6.45) is 3.56. The highest BCUT2D eigenvalue weighted by Crippen LogP contribution is 2.25. The van der Waals surface area contributed by atoms with Crippen molar-refractivity contribution in [3.63, 3.8) is 0 Å². The second kappa shape index (κ2) is 8.90. The Bertz CT molecular complexity index is 1040. The van der Waals surface area contributed by atoms with Gasteiger partial charge in [-0.1, -0.05) is 6.07 Å². The van der Waals surface area contributed by atoms with Crippen molar-refractivity contribution in [2.45, 2.75) is 22.5 Å². The Kier molecular flexibility index (Phi) is 6.33. The second-order valence-corrected chi connectivity index (χ2v) is 8.72. The lowest BCUT2D eigenvalue weighted by molar-refractivity contribution is -0.114. The fourth-order valence-corrected chi connectivity index (χ4v) is 4.30. The van der Waals surface area contributed by atoms with E-state index in [2.05, 4.69) is 15.0 Å². The highest BCUT2D eigenvalue weighted by Gasteiger charge is 2.14. The normalized spacial score (nSPS) is 11.0. The van der Waals surface area contributed by atoms with Crippen LogP contribution in [0.5, 0.6) is 0 Å². The van der Waals surface area contributed by atoms with Gasteiger partial charge in [0.1, 0.15) is 0 Å². The van der Waals surface area contributed by atoms with E-state index in [-0.39, 0.29) is 10.8 Å². The molecule has 2 N–H and O–H groups in total. The lowest BCUT2D eigenvalue weighted by Gasteiger charge is -2.10. The van der Waals surface area contributed by atoms with Crippen LogP contribution in [0.4, 0.5) is 11.4 Å². The van der Waals surface area contributed by atoms with Crippen molar-refractivity contribution in [2.24, 2.45) is 0 Å². The van der Waals surface area contributed by atoms with Crippen LogP contribution in [0.3, 0.4) is 0 Å². The molecule has 3 aromatic rings. The van der Waals surface area contributed by atoms with Crippen molar-refractivity contribution in [1.29, 1.82) is 0 Å². The van der Waals surface area contributed by atoms with Gasteiger partial charge >= 0.3 is 0 Å². The van der Waals surface area contributed by atoms with Crippen molar-refractivity contribution < 1.29 is 13.2 Å². The first-order valence-corrected chi connectivity index (χ1v) is 10.9. The van der Waals surface area contributed by atoms with E-state index in [4.69, 9.17) is 0 Å². The van der Waals surface area contributed by atoms with Gasteiger partial charge in [0.05, 0.1) is 4.90 Å². The van der Waals surface area contributed by atoms with Crippen LogP contribution in [-0.4, -0.2) is 19.3 Å². The summed E-state index contributed by atoms with van der Waals surface area (Å²) in [5.41, 5.74) is 2.15. The molecule has 0 saturated heterocycles. The lowest BCUT2D eigenvalue weighted by atomic mass is 10.3. The smallest absolute Gasteiger partial charge is 0.261 e. The van der Waals surface area contributed by atoms with Gasteiger partial charge in [0.25, 0.3) is 10.0 Å². The Morgan fingerprint density at radius 3 is 2.29 bits per heavy atom. The van der Waals surface area contributed by atoms with Crippen molar-refractivity contribution in [2.75, 3.05) is 10.0 Å². The number of carbonyl (C=O) groups excluding carboxylic acids is 1. The molecule has 0 fully saturated rings. The molecule has 1 amide bonds. The van der Waals surface area contributed by atoms with E-state index in [0.717, 1.165) is 16.2 Å². The minimum Gasteiger partial charge on any atom is -0.326 e. The molecule has 2 aromatic carbocycles. The summed E-state index contributed by atoms with van der Waals surface area (Å²) >= 11 is 1.65. The van der Waals surface area contributed by atoms with Gasteiger partial charge in [0.15, 0.2) is 0 Å². The molecule has 0 bridgehead atoms. The number of benzene rings is 2. The number of sulfonamides is 1. The van der Waals surface area contributed by atoms with Crippen molar-refractivity contribution in [1.82, 2.24) is 4.98 Å². The van der Waals surface area contributed by atoms with Crippen LogP contribution in [0.1, 0.15) is 12.5 Å². The van der Waals surface area contributed by atoms with E-state index in [0.29, 0.717) is 11.4 Å². The van der Waals surface area contributed by atoms with Gasteiger partial charge in [-0.25, -0.2) is 8.42 Å². The fourth-order valence-electron chi connectivity index (χ4n) is 2.40. The maximum absolute atomic E-state index is 12.5. The minimum absolute atomic E-state index is 0.122. The Hall–Kier alpha value is -2.84. The highest BCUT2D eigenvalue weighted by atomic mass is 32.2. The zero-order valence-electron chi connectivity index (χ0n) is 15.1. The molecule has 0 atom stereocenters. The molecule has 28 heavy (non-hydrogen) atoms. The molecule has 0 radical (unpaired) electrons. The second-order valence-electron chi connectivity index (χ2n) is 5.99. The highest BCUT2D eigenvalue weighted by molar-refractivity contribution is 7.98. The first-order valence-electron chi connectivity index (χ1n) is 8.45. The van der Waals surface area contributed by atoms with Crippen LogP contribution in [-0.2, 0) is 20.6 Å². The number of anilines is 2. The molecule has 0 unspecified atom stereocenters. The third-order valence-corrected chi connectivity index (χ3v) is 6.20. The molecule has 0 spiro atoms.